The molecule has 0 spiro atoms. The number of hydrogen-bond donors (Lipinski definition) is 0. The minimum atomic E-state index is -4.00. The van der Waals surface area contributed by atoms with Crippen LogP contribution in [0.25, 0.3) is 0 Å². The Kier molecular flexibility index (Phi) is 7.70. The Morgan fingerprint density at radius 1 is 1.11 bits per heavy atom. The molecular weight excluding hydrogens is 522 g/mol. The molecule has 0 amide bonds. The highest BCUT2D eigenvalue weighted by Crippen LogP contribution is 2.35. The minimum Gasteiger partial charge on any atom is -0.497 e. The van der Waals surface area contributed by atoms with Crippen LogP contribution in [-0.4, -0.2) is 57.3 Å². The molecule has 0 unspecified atom stereocenters. The summed E-state index contributed by atoms with van der Waals surface area (Å²) in [6, 6.07) is 9.81. The number of aromatic nitrogens is 1. The number of rotatable bonds is 9. The lowest BCUT2D eigenvalue weighted by molar-refractivity contribution is -0.0349. The Morgan fingerprint density at radius 2 is 1.86 bits per heavy atom. The highest BCUT2D eigenvalue weighted by Gasteiger charge is 2.36. The molecule has 1 aliphatic rings. The Labute approximate surface area is 221 Å². The largest absolute Gasteiger partial charge is 0.497 e. The number of benzene rings is 2. The van der Waals surface area contributed by atoms with Crippen molar-refractivity contribution in [2.75, 3.05) is 31.6 Å². The van der Waals surface area contributed by atoms with Gasteiger partial charge in [0.1, 0.15) is 23.4 Å². The SMILES string of the molecule is COc1ccc(CN(c2nccs2)S(=O)(=O)c2ccc(OC3CN(C(C)(C)C)C3)c(Cl)c2)c(OC)c1. The third kappa shape index (κ3) is 5.56. The van der Waals surface area contributed by atoms with Crippen LogP contribution in [0, 0.1) is 0 Å². The molecule has 3 aromatic rings. The van der Waals surface area contributed by atoms with E-state index < -0.39 is 10.0 Å². The number of sulfonamides is 1. The third-order valence-electron chi connectivity index (χ3n) is 6.02. The van der Waals surface area contributed by atoms with E-state index in [4.69, 9.17) is 25.8 Å². The van der Waals surface area contributed by atoms with Crippen molar-refractivity contribution in [2.24, 2.45) is 0 Å². The lowest BCUT2D eigenvalue weighted by Crippen LogP contribution is -2.60. The minimum absolute atomic E-state index is 0.0125. The fourth-order valence-corrected chi connectivity index (χ4v) is 6.42. The van der Waals surface area contributed by atoms with Crippen molar-refractivity contribution in [3.63, 3.8) is 0 Å². The fraction of sp³-hybridized carbons (Fsp3) is 0.400. The number of likely N-dealkylation sites (tertiary alicyclic amines) is 1. The second-order valence-electron chi connectivity index (χ2n) is 9.41. The highest BCUT2D eigenvalue weighted by atomic mass is 35.5. The van der Waals surface area contributed by atoms with Crippen LogP contribution in [0.15, 0.2) is 52.9 Å². The maximum Gasteiger partial charge on any atom is 0.266 e. The summed E-state index contributed by atoms with van der Waals surface area (Å²) in [6.45, 7) is 8.08. The van der Waals surface area contributed by atoms with Crippen molar-refractivity contribution < 1.29 is 22.6 Å². The molecule has 1 aromatic heterocycles. The molecule has 1 fully saturated rings. The Balaban J connectivity index is 1.59. The summed E-state index contributed by atoms with van der Waals surface area (Å²) in [6.07, 6.45) is 1.58. The van der Waals surface area contributed by atoms with Gasteiger partial charge in [0.15, 0.2) is 5.13 Å². The first-order chi connectivity index (χ1) is 17.0. The van der Waals surface area contributed by atoms with Crippen LogP contribution >= 0.6 is 22.9 Å². The Hall–Kier alpha value is -2.53. The van der Waals surface area contributed by atoms with Gasteiger partial charge in [-0.1, -0.05) is 11.6 Å². The maximum absolute atomic E-state index is 13.8. The molecule has 36 heavy (non-hydrogen) atoms. The first kappa shape index (κ1) is 26.5. The van der Waals surface area contributed by atoms with Crippen molar-refractivity contribution >= 4 is 38.1 Å². The molecule has 1 saturated heterocycles. The van der Waals surface area contributed by atoms with E-state index in [9.17, 15) is 8.42 Å². The van der Waals surface area contributed by atoms with Gasteiger partial charge in [-0.15, -0.1) is 11.3 Å². The summed E-state index contributed by atoms with van der Waals surface area (Å²) >= 11 is 7.72. The first-order valence-corrected chi connectivity index (χ1v) is 14.1. The summed E-state index contributed by atoms with van der Waals surface area (Å²) in [5, 5.41) is 2.31. The molecular formula is C25H30ClN3O5S2. The van der Waals surface area contributed by atoms with Gasteiger partial charge in [-0.3, -0.25) is 4.90 Å². The molecule has 0 atom stereocenters. The van der Waals surface area contributed by atoms with Crippen molar-refractivity contribution in [1.29, 1.82) is 0 Å². The zero-order chi connectivity index (χ0) is 26.1. The standard InChI is InChI=1S/C25H30ClN3O5S2/c1-25(2,3)28-15-19(16-28)34-22-9-8-20(13-21(22)26)36(30,31)29(24-27-10-11-35-24)14-17-6-7-18(32-4)12-23(17)33-5/h6-13,19H,14-16H2,1-5H3. The smallest absolute Gasteiger partial charge is 0.266 e. The van der Waals surface area contributed by atoms with Gasteiger partial charge in [0.2, 0.25) is 0 Å². The summed E-state index contributed by atoms with van der Waals surface area (Å²) in [5.41, 5.74) is 0.740. The molecule has 0 saturated carbocycles. The van der Waals surface area contributed by atoms with E-state index in [1.807, 2.05) is 0 Å². The second kappa shape index (κ2) is 10.5. The number of nitrogens with zero attached hydrogens (tertiary/aromatic N) is 3. The third-order valence-corrected chi connectivity index (χ3v) is 8.96. The van der Waals surface area contributed by atoms with Crippen molar-refractivity contribution in [3.8, 4) is 17.2 Å². The van der Waals surface area contributed by atoms with Crippen LogP contribution in [0.5, 0.6) is 17.2 Å². The Morgan fingerprint density at radius 3 is 2.44 bits per heavy atom. The normalized spacial score (nSPS) is 14.8. The van der Waals surface area contributed by atoms with Crippen LogP contribution < -0.4 is 18.5 Å². The van der Waals surface area contributed by atoms with Gasteiger partial charge < -0.3 is 14.2 Å². The summed E-state index contributed by atoms with van der Waals surface area (Å²) in [4.78, 5) is 6.61. The van der Waals surface area contributed by atoms with E-state index in [0.717, 1.165) is 13.1 Å². The number of methoxy groups -OCH3 is 2. The number of thiazole rings is 1. The molecule has 2 aromatic carbocycles. The van der Waals surface area contributed by atoms with Gasteiger partial charge in [-0.2, -0.15) is 0 Å². The van der Waals surface area contributed by atoms with E-state index >= 15 is 0 Å². The topological polar surface area (TPSA) is 81.2 Å². The molecule has 11 heteroatoms. The van der Waals surface area contributed by atoms with E-state index in [1.54, 1.807) is 43.0 Å². The number of hydrogen-bond acceptors (Lipinski definition) is 8. The molecule has 4 rings (SSSR count). The molecule has 0 aliphatic carbocycles. The average Bonchev–Trinajstić information content (AvgIpc) is 3.33. The summed E-state index contributed by atoms with van der Waals surface area (Å²) in [7, 11) is -0.916. The predicted octanol–water partition coefficient (Wildman–Crippen LogP) is 5.07. The highest BCUT2D eigenvalue weighted by molar-refractivity contribution is 7.93. The first-order valence-electron chi connectivity index (χ1n) is 11.4. The van der Waals surface area contributed by atoms with Gasteiger partial charge in [-0.05, 0) is 51.1 Å². The van der Waals surface area contributed by atoms with Crippen molar-refractivity contribution in [3.05, 3.63) is 58.6 Å². The van der Waals surface area contributed by atoms with Crippen LogP contribution in [0.2, 0.25) is 5.02 Å². The Bertz CT molecular complexity index is 1300. The predicted molar refractivity (Wildman–Crippen MR) is 142 cm³/mol. The quantitative estimate of drug-likeness (QED) is 0.367. The monoisotopic (exact) mass is 551 g/mol. The fourth-order valence-electron chi connectivity index (χ4n) is 3.84. The van der Waals surface area contributed by atoms with Gasteiger partial charge in [0, 0.05) is 41.8 Å². The zero-order valence-corrected chi connectivity index (χ0v) is 23.3. The number of ether oxygens (including phenoxy) is 3. The van der Waals surface area contributed by atoms with E-state index in [1.165, 1.54) is 34.9 Å². The van der Waals surface area contributed by atoms with Crippen LogP contribution in [0.3, 0.4) is 0 Å². The van der Waals surface area contributed by atoms with E-state index in [0.29, 0.717) is 27.9 Å². The zero-order valence-electron chi connectivity index (χ0n) is 20.9. The van der Waals surface area contributed by atoms with Gasteiger partial charge in [0.05, 0.1) is 30.7 Å². The van der Waals surface area contributed by atoms with Crippen LogP contribution in [0.4, 0.5) is 5.13 Å². The van der Waals surface area contributed by atoms with E-state index in [-0.39, 0.29) is 28.1 Å². The van der Waals surface area contributed by atoms with Gasteiger partial charge in [0.25, 0.3) is 10.0 Å². The lowest BCUT2D eigenvalue weighted by Gasteiger charge is -2.47. The van der Waals surface area contributed by atoms with Gasteiger partial charge in [-0.25, -0.2) is 17.7 Å². The molecule has 8 nitrogen and oxygen atoms in total. The number of anilines is 1. The molecule has 0 radical (unpaired) electrons. The van der Waals surface area contributed by atoms with Crippen LogP contribution in [0.1, 0.15) is 26.3 Å². The lowest BCUT2D eigenvalue weighted by atomic mass is 9.99. The molecule has 0 bridgehead atoms. The molecule has 0 N–H and O–H groups in total. The molecule has 2 heterocycles. The summed E-state index contributed by atoms with van der Waals surface area (Å²) < 4.78 is 45.6. The van der Waals surface area contributed by atoms with Crippen LogP contribution in [-0.2, 0) is 16.6 Å². The maximum atomic E-state index is 13.8. The molecule has 194 valence electrons. The summed E-state index contributed by atoms with van der Waals surface area (Å²) in [5.74, 6) is 1.59. The van der Waals surface area contributed by atoms with E-state index in [2.05, 4.69) is 30.7 Å². The molecule has 1 aliphatic heterocycles. The van der Waals surface area contributed by atoms with Gasteiger partial charge >= 0.3 is 0 Å². The second-order valence-corrected chi connectivity index (χ2v) is 12.6. The number of halogens is 1. The average molecular weight is 552 g/mol. The van der Waals surface area contributed by atoms with Crippen molar-refractivity contribution in [2.45, 2.75) is 43.9 Å². The van der Waals surface area contributed by atoms with Crippen molar-refractivity contribution in [1.82, 2.24) is 9.88 Å².